The zero-order valence-corrected chi connectivity index (χ0v) is 17.6. The van der Waals surface area contributed by atoms with Gasteiger partial charge in [-0.15, -0.1) is 11.3 Å². The number of hydrogen-bond acceptors (Lipinski definition) is 4. The second-order valence-electron chi connectivity index (χ2n) is 7.83. The van der Waals surface area contributed by atoms with Crippen LogP contribution in [0.25, 0.3) is 11.3 Å². The van der Waals surface area contributed by atoms with Gasteiger partial charge in [0, 0.05) is 28.6 Å². The molecule has 3 aromatic rings. The molecule has 0 saturated heterocycles. The Morgan fingerprint density at radius 1 is 1.16 bits per heavy atom. The van der Waals surface area contributed by atoms with Crippen LogP contribution in [0.5, 0.6) is 0 Å². The lowest BCUT2D eigenvalue weighted by atomic mass is 10.1. The normalized spacial score (nSPS) is 15.1. The number of rotatable bonds is 4. The minimum atomic E-state index is -0.921. The average Bonchev–Trinajstić information content (AvgIpc) is 3.40. The molecule has 158 valence electrons. The smallest absolute Gasteiger partial charge is 0.263 e. The van der Waals surface area contributed by atoms with E-state index >= 15 is 0 Å². The number of aromatic nitrogens is 1. The SMILES string of the molecule is Cc1sc(NC(=O)c2c(F)cccc2F)nc1-c1ccc2c(c1)CCN2C(=O)C1CC1. The fourth-order valence-electron chi connectivity index (χ4n) is 3.92. The molecule has 5 nitrogen and oxygen atoms in total. The van der Waals surface area contributed by atoms with Crippen molar-refractivity contribution in [2.24, 2.45) is 5.92 Å². The molecule has 1 saturated carbocycles. The molecule has 1 aliphatic carbocycles. The van der Waals surface area contributed by atoms with Gasteiger partial charge in [0.05, 0.1) is 5.69 Å². The van der Waals surface area contributed by atoms with E-state index in [9.17, 15) is 18.4 Å². The Hall–Kier alpha value is -3.13. The number of fused-ring (bicyclic) bond motifs is 1. The van der Waals surface area contributed by atoms with Gasteiger partial charge in [0.15, 0.2) is 5.13 Å². The molecule has 1 aromatic heterocycles. The summed E-state index contributed by atoms with van der Waals surface area (Å²) in [5.74, 6) is -2.33. The number of benzene rings is 2. The minimum absolute atomic E-state index is 0.178. The molecule has 0 radical (unpaired) electrons. The molecule has 0 atom stereocenters. The van der Waals surface area contributed by atoms with Gasteiger partial charge >= 0.3 is 0 Å². The third-order valence-electron chi connectivity index (χ3n) is 5.65. The molecule has 5 rings (SSSR count). The zero-order chi connectivity index (χ0) is 21.7. The van der Waals surface area contributed by atoms with Crippen molar-refractivity contribution in [1.29, 1.82) is 0 Å². The van der Waals surface area contributed by atoms with Crippen molar-refractivity contribution in [3.8, 4) is 11.3 Å². The standard InChI is InChI=1S/C23H19F2N3O2S/c1-12-20(26-23(31-12)27-21(29)19-16(24)3-2-4-17(19)25)15-7-8-18-14(11-15)9-10-28(18)22(30)13-5-6-13/h2-4,7-8,11,13H,5-6,9-10H2,1H3,(H,26,27,29). The second-order valence-corrected chi connectivity index (χ2v) is 9.04. The molecule has 1 aliphatic heterocycles. The molecule has 2 heterocycles. The van der Waals surface area contributed by atoms with E-state index in [4.69, 9.17) is 0 Å². The summed E-state index contributed by atoms with van der Waals surface area (Å²) in [6.07, 6.45) is 2.75. The number of carbonyl (C=O) groups is 2. The summed E-state index contributed by atoms with van der Waals surface area (Å²) >= 11 is 1.24. The molecule has 1 fully saturated rings. The highest BCUT2D eigenvalue weighted by molar-refractivity contribution is 7.16. The van der Waals surface area contributed by atoms with Gasteiger partial charge in [-0.3, -0.25) is 14.9 Å². The maximum atomic E-state index is 13.9. The molecular weight excluding hydrogens is 420 g/mol. The lowest BCUT2D eigenvalue weighted by Crippen LogP contribution is -2.30. The highest BCUT2D eigenvalue weighted by Gasteiger charge is 2.36. The fraction of sp³-hybridized carbons (Fsp3) is 0.261. The van der Waals surface area contributed by atoms with Gasteiger partial charge in [0.2, 0.25) is 5.91 Å². The number of nitrogens with zero attached hydrogens (tertiary/aromatic N) is 2. The van der Waals surface area contributed by atoms with Crippen molar-refractivity contribution in [2.75, 3.05) is 16.8 Å². The summed E-state index contributed by atoms with van der Waals surface area (Å²) in [5, 5.41) is 2.77. The predicted molar refractivity (Wildman–Crippen MR) is 115 cm³/mol. The van der Waals surface area contributed by atoms with Gasteiger partial charge in [0.25, 0.3) is 5.91 Å². The number of thiazole rings is 1. The van der Waals surface area contributed by atoms with Crippen molar-refractivity contribution < 1.29 is 18.4 Å². The van der Waals surface area contributed by atoms with E-state index in [0.29, 0.717) is 12.2 Å². The Morgan fingerprint density at radius 2 is 1.90 bits per heavy atom. The van der Waals surface area contributed by atoms with Crippen LogP contribution in [0, 0.1) is 24.5 Å². The molecule has 2 aliphatic rings. The van der Waals surface area contributed by atoms with Crippen molar-refractivity contribution in [2.45, 2.75) is 26.2 Å². The molecule has 1 N–H and O–H groups in total. The van der Waals surface area contributed by atoms with Gasteiger partial charge in [0.1, 0.15) is 17.2 Å². The first-order chi connectivity index (χ1) is 14.9. The number of halogens is 2. The van der Waals surface area contributed by atoms with Crippen LogP contribution in [0.15, 0.2) is 36.4 Å². The minimum Gasteiger partial charge on any atom is -0.312 e. The summed E-state index contributed by atoms with van der Waals surface area (Å²) < 4.78 is 27.8. The largest absolute Gasteiger partial charge is 0.312 e. The maximum absolute atomic E-state index is 13.9. The topological polar surface area (TPSA) is 62.3 Å². The van der Waals surface area contributed by atoms with E-state index in [1.807, 2.05) is 30.0 Å². The Bertz CT molecular complexity index is 1200. The van der Waals surface area contributed by atoms with Gasteiger partial charge < -0.3 is 4.90 Å². The molecular formula is C23H19F2N3O2S. The Labute approximate surface area is 181 Å². The third kappa shape index (κ3) is 3.61. The van der Waals surface area contributed by atoms with Crippen LogP contribution in [0.4, 0.5) is 19.6 Å². The van der Waals surface area contributed by atoms with Crippen LogP contribution >= 0.6 is 11.3 Å². The Kier molecular flexibility index (Phi) is 4.81. The van der Waals surface area contributed by atoms with E-state index < -0.39 is 23.1 Å². The molecule has 0 unspecified atom stereocenters. The number of anilines is 2. The monoisotopic (exact) mass is 439 g/mol. The van der Waals surface area contributed by atoms with Gasteiger partial charge in [-0.2, -0.15) is 0 Å². The first kappa shape index (κ1) is 19.8. The number of carbonyl (C=O) groups excluding carboxylic acids is 2. The molecule has 0 bridgehead atoms. The Balaban J connectivity index is 1.39. The average molecular weight is 439 g/mol. The molecule has 2 amide bonds. The predicted octanol–water partition coefficient (Wildman–Crippen LogP) is 4.95. The van der Waals surface area contributed by atoms with Gasteiger partial charge in [-0.1, -0.05) is 12.1 Å². The molecule has 0 spiro atoms. The lowest BCUT2D eigenvalue weighted by molar-refractivity contribution is -0.119. The molecule has 31 heavy (non-hydrogen) atoms. The third-order valence-corrected chi connectivity index (χ3v) is 6.53. The van der Waals surface area contributed by atoms with Crippen LogP contribution < -0.4 is 10.2 Å². The number of nitrogens with one attached hydrogen (secondary N) is 1. The van der Waals surface area contributed by atoms with Gasteiger partial charge in [-0.25, -0.2) is 13.8 Å². The first-order valence-corrected chi connectivity index (χ1v) is 10.9. The fourth-order valence-corrected chi connectivity index (χ4v) is 4.75. The van der Waals surface area contributed by atoms with E-state index in [0.717, 1.165) is 53.1 Å². The lowest BCUT2D eigenvalue weighted by Gasteiger charge is -2.17. The summed E-state index contributed by atoms with van der Waals surface area (Å²) in [6.45, 7) is 2.57. The zero-order valence-electron chi connectivity index (χ0n) is 16.7. The van der Waals surface area contributed by atoms with Gasteiger partial charge in [-0.05, 0) is 56.0 Å². The number of hydrogen-bond donors (Lipinski definition) is 1. The molecule has 8 heteroatoms. The highest BCUT2D eigenvalue weighted by Crippen LogP contribution is 2.39. The number of amides is 2. The maximum Gasteiger partial charge on any atom is 0.263 e. The summed E-state index contributed by atoms with van der Waals surface area (Å²) in [4.78, 5) is 32.1. The van der Waals surface area contributed by atoms with Crippen molar-refractivity contribution in [3.63, 3.8) is 0 Å². The number of aryl methyl sites for hydroxylation is 1. The van der Waals surface area contributed by atoms with Crippen LogP contribution in [0.2, 0.25) is 0 Å². The van der Waals surface area contributed by atoms with Crippen LogP contribution in [-0.4, -0.2) is 23.3 Å². The van der Waals surface area contributed by atoms with E-state index in [1.165, 1.54) is 17.4 Å². The molecule has 2 aromatic carbocycles. The second kappa shape index (κ2) is 7.53. The highest BCUT2D eigenvalue weighted by atomic mass is 32.1. The van der Waals surface area contributed by atoms with Crippen molar-refractivity contribution in [3.05, 3.63) is 64.0 Å². The quantitative estimate of drug-likeness (QED) is 0.626. The van der Waals surface area contributed by atoms with Crippen molar-refractivity contribution >= 4 is 34.0 Å². The Morgan fingerprint density at radius 3 is 2.61 bits per heavy atom. The van der Waals surface area contributed by atoms with Crippen LogP contribution in [-0.2, 0) is 11.2 Å². The van der Waals surface area contributed by atoms with E-state index in [1.54, 1.807) is 0 Å². The first-order valence-electron chi connectivity index (χ1n) is 10.1. The summed E-state index contributed by atoms with van der Waals surface area (Å²) in [5.41, 5.74) is 3.00. The summed E-state index contributed by atoms with van der Waals surface area (Å²) in [7, 11) is 0. The van der Waals surface area contributed by atoms with E-state index in [-0.39, 0.29) is 17.0 Å². The van der Waals surface area contributed by atoms with Crippen LogP contribution in [0.3, 0.4) is 0 Å². The van der Waals surface area contributed by atoms with Crippen molar-refractivity contribution in [1.82, 2.24) is 4.98 Å². The summed E-state index contributed by atoms with van der Waals surface area (Å²) in [6, 6.07) is 9.18. The van der Waals surface area contributed by atoms with E-state index in [2.05, 4.69) is 10.3 Å². The van der Waals surface area contributed by atoms with Crippen LogP contribution in [0.1, 0.15) is 33.6 Å².